The van der Waals surface area contributed by atoms with Crippen molar-refractivity contribution in [1.29, 1.82) is 0 Å². The molecule has 0 aromatic carbocycles. The fourth-order valence-electron chi connectivity index (χ4n) is 0.346. The predicted molar refractivity (Wildman–Crippen MR) is 33.5 cm³/mol. The summed E-state index contributed by atoms with van der Waals surface area (Å²) in [4.78, 5) is 10.0. The zero-order valence-electron chi connectivity index (χ0n) is 5.49. The van der Waals surface area contributed by atoms with Gasteiger partial charge in [0.2, 0.25) is 0 Å². The highest BCUT2D eigenvalue weighted by Gasteiger charge is 2.09. The van der Waals surface area contributed by atoms with Crippen LogP contribution in [0.2, 0.25) is 0 Å². The number of hydrogen-bond donors (Lipinski definition) is 3. The lowest BCUT2D eigenvalue weighted by atomic mass is 10.3. The Kier molecular flexibility index (Phi) is 4.82. The quantitative estimate of drug-likeness (QED) is 0.410. The number of aliphatic hydroxyl groups excluding tert-OH is 1. The summed E-state index contributed by atoms with van der Waals surface area (Å²) in [7, 11) is 0. The Labute approximate surface area is 58.4 Å². The minimum Gasteiger partial charge on any atom is -0.480 e. The van der Waals surface area contributed by atoms with Crippen LogP contribution in [0.1, 0.15) is 0 Å². The standard InChI is InChI=1S/C5H11NO4/c6-4(5(8)9)3-10-2-1-7/h4,7H,1-3,6H2,(H,8,9)/t4-/m1/s1. The minimum atomic E-state index is -1.10. The van der Waals surface area contributed by atoms with Gasteiger partial charge in [0.05, 0.1) is 19.8 Å². The molecule has 0 spiro atoms. The molecule has 0 aliphatic carbocycles. The van der Waals surface area contributed by atoms with Crippen LogP contribution in [0.25, 0.3) is 0 Å². The third kappa shape index (κ3) is 4.25. The molecule has 4 N–H and O–H groups in total. The Morgan fingerprint density at radius 3 is 2.70 bits per heavy atom. The van der Waals surface area contributed by atoms with Crippen molar-refractivity contribution in [2.24, 2.45) is 5.73 Å². The molecule has 0 amide bonds. The summed E-state index contributed by atoms with van der Waals surface area (Å²) in [6.07, 6.45) is 0. The van der Waals surface area contributed by atoms with Gasteiger partial charge in [-0.3, -0.25) is 4.79 Å². The first-order chi connectivity index (χ1) is 4.68. The van der Waals surface area contributed by atoms with Crippen LogP contribution in [0.5, 0.6) is 0 Å². The van der Waals surface area contributed by atoms with E-state index in [0.29, 0.717) is 0 Å². The van der Waals surface area contributed by atoms with E-state index in [2.05, 4.69) is 4.74 Å². The zero-order valence-corrected chi connectivity index (χ0v) is 5.49. The molecule has 0 aromatic rings. The van der Waals surface area contributed by atoms with E-state index in [1.807, 2.05) is 0 Å². The maximum absolute atomic E-state index is 10.0. The molecule has 0 aromatic heterocycles. The Morgan fingerprint density at radius 2 is 2.30 bits per heavy atom. The van der Waals surface area contributed by atoms with Crippen LogP contribution in [0.4, 0.5) is 0 Å². The van der Waals surface area contributed by atoms with Gasteiger partial charge in [-0.05, 0) is 0 Å². The molecule has 0 fully saturated rings. The van der Waals surface area contributed by atoms with Crippen molar-refractivity contribution >= 4 is 5.97 Å². The second-order valence-corrected chi connectivity index (χ2v) is 1.74. The summed E-state index contributed by atoms with van der Waals surface area (Å²) in [5.41, 5.74) is 5.05. The van der Waals surface area contributed by atoms with Crippen LogP contribution in [-0.2, 0) is 9.53 Å². The van der Waals surface area contributed by atoms with E-state index < -0.39 is 12.0 Å². The summed E-state index contributed by atoms with van der Waals surface area (Å²) in [6, 6.07) is -0.994. The van der Waals surface area contributed by atoms with Gasteiger partial charge in [0.1, 0.15) is 6.04 Å². The molecule has 0 aliphatic rings. The zero-order chi connectivity index (χ0) is 7.98. The van der Waals surface area contributed by atoms with Crippen molar-refractivity contribution in [1.82, 2.24) is 0 Å². The molecular formula is C5H11NO4. The number of aliphatic carboxylic acids is 1. The van der Waals surface area contributed by atoms with Crippen LogP contribution in [-0.4, -0.2) is 42.0 Å². The van der Waals surface area contributed by atoms with Crippen molar-refractivity contribution in [3.05, 3.63) is 0 Å². The molecule has 60 valence electrons. The number of rotatable bonds is 5. The minimum absolute atomic E-state index is 0.0596. The van der Waals surface area contributed by atoms with E-state index in [0.717, 1.165) is 0 Å². The van der Waals surface area contributed by atoms with E-state index in [-0.39, 0.29) is 19.8 Å². The lowest BCUT2D eigenvalue weighted by molar-refractivity contribution is -0.140. The van der Waals surface area contributed by atoms with Crippen LogP contribution >= 0.6 is 0 Å². The first-order valence-corrected chi connectivity index (χ1v) is 2.85. The number of hydrogen-bond acceptors (Lipinski definition) is 4. The molecule has 0 unspecified atom stereocenters. The van der Waals surface area contributed by atoms with Crippen molar-refractivity contribution in [3.63, 3.8) is 0 Å². The second-order valence-electron chi connectivity index (χ2n) is 1.74. The summed E-state index contributed by atoms with van der Waals surface area (Å²) in [5.74, 6) is -1.10. The SMILES string of the molecule is N[C@H](COCCO)C(=O)O. The van der Waals surface area contributed by atoms with Gasteiger partial charge >= 0.3 is 5.97 Å². The Morgan fingerprint density at radius 1 is 1.70 bits per heavy atom. The summed E-state index contributed by atoms with van der Waals surface area (Å²) in [6.45, 7) is -0.0524. The largest absolute Gasteiger partial charge is 0.480 e. The van der Waals surface area contributed by atoms with Crippen molar-refractivity contribution < 1.29 is 19.7 Å². The molecule has 5 nitrogen and oxygen atoms in total. The molecule has 1 atom stereocenters. The van der Waals surface area contributed by atoms with Crippen molar-refractivity contribution in [2.75, 3.05) is 19.8 Å². The highest BCUT2D eigenvalue weighted by atomic mass is 16.5. The monoisotopic (exact) mass is 149 g/mol. The van der Waals surface area contributed by atoms with Gasteiger partial charge in [-0.25, -0.2) is 0 Å². The average molecular weight is 149 g/mol. The first-order valence-electron chi connectivity index (χ1n) is 2.85. The van der Waals surface area contributed by atoms with Gasteiger partial charge in [0.15, 0.2) is 0 Å². The normalized spacial score (nSPS) is 13.0. The molecule has 0 aliphatic heterocycles. The van der Waals surface area contributed by atoms with Crippen LogP contribution < -0.4 is 5.73 Å². The number of nitrogens with two attached hydrogens (primary N) is 1. The number of carbonyl (C=O) groups is 1. The summed E-state index contributed by atoms with van der Waals surface area (Å²) < 4.78 is 4.65. The topological polar surface area (TPSA) is 92.8 Å². The van der Waals surface area contributed by atoms with Gasteiger partial charge in [-0.2, -0.15) is 0 Å². The fourth-order valence-corrected chi connectivity index (χ4v) is 0.346. The lowest BCUT2D eigenvalue weighted by Crippen LogP contribution is -2.35. The molecular weight excluding hydrogens is 138 g/mol. The third-order valence-corrected chi connectivity index (χ3v) is 0.850. The van der Waals surface area contributed by atoms with Crippen molar-refractivity contribution in [2.45, 2.75) is 6.04 Å². The van der Waals surface area contributed by atoms with E-state index >= 15 is 0 Å². The number of ether oxygens (including phenoxy) is 1. The number of carboxylic acids is 1. The summed E-state index contributed by atoms with van der Waals surface area (Å²) >= 11 is 0. The predicted octanol–water partition coefficient (Wildman–Crippen LogP) is -1.59. The van der Waals surface area contributed by atoms with Crippen molar-refractivity contribution in [3.8, 4) is 0 Å². The third-order valence-electron chi connectivity index (χ3n) is 0.850. The van der Waals surface area contributed by atoms with Gasteiger partial charge in [0, 0.05) is 0 Å². The lowest BCUT2D eigenvalue weighted by Gasteiger charge is -2.05. The fraction of sp³-hybridized carbons (Fsp3) is 0.800. The number of carboxylic acid groups (broad SMARTS) is 1. The molecule has 0 saturated heterocycles. The first kappa shape index (κ1) is 9.35. The molecule has 0 bridgehead atoms. The molecule has 0 radical (unpaired) electrons. The van der Waals surface area contributed by atoms with E-state index in [9.17, 15) is 4.79 Å². The van der Waals surface area contributed by atoms with Gasteiger partial charge in [-0.15, -0.1) is 0 Å². The average Bonchev–Trinajstić information content (AvgIpc) is 1.88. The maximum Gasteiger partial charge on any atom is 0.322 e. The van der Waals surface area contributed by atoms with Gasteiger partial charge < -0.3 is 20.7 Å². The molecule has 0 saturated carbocycles. The highest BCUT2D eigenvalue weighted by molar-refractivity contribution is 5.73. The van der Waals surface area contributed by atoms with Gasteiger partial charge in [0.25, 0.3) is 0 Å². The Hall–Kier alpha value is -0.650. The highest BCUT2D eigenvalue weighted by Crippen LogP contribution is 1.80. The smallest absolute Gasteiger partial charge is 0.322 e. The van der Waals surface area contributed by atoms with Crippen LogP contribution in [0.15, 0.2) is 0 Å². The second kappa shape index (κ2) is 5.16. The van der Waals surface area contributed by atoms with Gasteiger partial charge in [-0.1, -0.05) is 0 Å². The molecule has 0 rings (SSSR count). The van der Waals surface area contributed by atoms with Crippen LogP contribution in [0, 0.1) is 0 Å². The Balaban J connectivity index is 3.21. The van der Waals surface area contributed by atoms with E-state index in [4.69, 9.17) is 15.9 Å². The Bertz CT molecular complexity index is 106. The van der Waals surface area contributed by atoms with E-state index in [1.54, 1.807) is 0 Å². The molecule has 10 heavy (non-hydrogen) atoms. The summed E-state index contributed by atoms with van der Waals surface area (Å²) in [5, 5.41) is 16.4. The molecule has 5 heteroatoms. The van der Waals surface area contributed by atoms with Crippen LogP contribution in [0.3, 0.4) is 0 Å². The maximum atomic E-state index is 10.0. The van der Waals surface area contributed by atoms with E-state index in [1.165, 1.54) is 0 Å². The molecule has 0 heterocycles. The number of aliphatic hydroxyl groups is 1.